The first-order valence-corrected chi connectivity index (χ1v) is 11.7. The number of benzene rings is 2. The van der Waals surface area contributed by atoms with Gasteiger partial charge in [0.1, 0.15) is 6.61 Å². The smallest absolute Gasteiger partial charge is 0.411 e. The van der Waals surface area contributed by atoms with E-state index < -0.39 is 11.6 Å². The summed E-state index contributed by atoms with van der Waals surface area (Å²) in [5.74, 6) is -0.215. The van der Waals surface area contributed by atoms with E-state index in [9.17, 15) is 14.4 Å². The Morgan fingerprint density at radius 3 is 2.62 bits per heavy atom. The van der Waals surface area contributed by atoms with Crippen LogP contribution in [0.15, 0.2) is 48.5 Å². The van der Waals surface area contributed by atoms with Crippen LogP contribution in [0.4, 0.5) is 10.5 Å². The number of likely N-dealkylation sites (tertiary alicyclic amines) is 1. The van der Waals surface area contributed by atoms with Crippen molar-refractivity contribution in [3.63, 3.8) is 0 Å². The summed E-state index contributed by atoms with van der Waals surface area (Å²) < 4.78 is 5.61. The summed E-state index contributed by atoms with van der Waals surface area (Å²) >= 11 is 6.33. The van der Waals surface area contributed by atoms with Crippen LogP contribution >= 0.6 is 11.6 Å². The molecule has 0 spiro atoms. The van der Waals surface area contributed by atoms with E-state index in [0.717, 1.165) is 24.0 Å². The molecule has 34 heavy (non-hydrogen) atoms. The van der Waals surface area contributed by atoms with Gasteiger partial charge in [-0.1, -0.05) is 48.9 Å². The van der Waals surface area contributed by atoms with E-state index in [1.54, 1.807) is 15.9 Å². The third kappa shape index (κ3) is 6.27. The van der Waals surface area contributed by atoms with E-state index >= 15 is 0 Å². The number of ether oxygens (including phenoxy) is 1. The van der Waals surface area contributed by atoms with E-state index in [2.05, 4.69) is 12.2 Å². The van der Waals surface area contributed by atoms with Crippen molar-refractivity contribution in [1.82, 2.24) is 9.80 Å². The molecule has 182 valence electrons. The molecule has 1 fully saturated rings. The summed E-state index contributed by atoms with van der Waals surface area (Å²) in [5, 5.41) is 3.25. The van der Waals surface area contributed by atoms with Crippen LogP contribution in [0.25, 0.3) is 0 Å². The number of nitrogens with two attached hydrogens (primary N) is 1. The molecule has 1 saturated heterocycles. The van der Waals surface area contributed by atoms with E-state index in [1.165, 1.54) is 0 Å². The molecule has 0 aliphatic carbocycles. The monoisotopic (exact) mass is 486 g/mol. The zero-order chi connectivity index (χ0) is 24.6. The van der Waals surface area contributed by atoms with Crippen LogP contribution in [0.1, 0.15) is 30.9 Å². The van der Waals surface area contributed by atoms with E-state index in [4.69, 9.17) is 22.1 Å². The molecule has 1 aliphatic heterocycles. The highest BCUT2D eigenvalue weighted by Crippen LogP contribution is 2.30. The van der Waals surface area contributed by atoms with Crippen molar-refractivity contribution >= 4 is 35.7 Å². The summed E-state index contributed by atoms with van der Waals surface area (Å²) in [6, 6.07) is 14.8. The highest BCUT2D eigenvalue weighted by Gasteiger charge is 2.43. The summed E-state index contributed by atoms with van der Waals surface area (Å²) in [7, 11) is 0. The number of hydrogen-bond donors (Lipinski definition) is 2. The number of hydrogen-bond acceptors (Lipinski definition) is 5. The van der Waals surface area contributed by atoms with Gasteiger partial charge < -0.3 is 20.3 Å². The van der Waals surface area contributed by atoms with Crippen molar-refractivity contribution in [1.29, 1.82) is 0 Å². The molecular weight excluding hydrogens is 456 g/mol. The number of piperidine rings is 1. The van der Waals surface area contributed by atoms with Crippen LogP contribution in [0, 0.1) is 0 Å². The van der Waals surface area contributed by atoms with Gasteiger partial charge in [-0.15, -0.1) is 0 Å². The minimum absolute atomic E-state index is 0.0799. The first kappa shape index (κ1) is 25.5. The Bertz CT molecular complexity index is 1000. The highest BCUT2D eigenvalue weighted by molar-refractivity contribution is 6.31. The van der Waals surface area contributed by atoms with Crippen LogP contribution < -0.4 is 11.1 Å². The van der Waals surface area contributed by atoms with Gasteiger partial charge in [0.25, 0.3) is 0 Å². The van der Waals surface area contributed by atoms with Gasteiger partial charge in [0.15, 0.2) is 0 Å². The lowest BCUT2D eigenvalue weighted by molar-refractivity contribution is -0.141. The second kappa shape index (κ2) is 11.9. The third-order valence-corrected chi connectivity index (χ3v) is 6.57. The molecule has 0 bridgehead atoms. The Morgan fingerprint density at radius 2 is 1.97 bits per heavy atom. The molecular formula is C25H31ClN4O4. The zero-order valence-corrected chi connectivity index (χ0v) is 20.1. The lowest BCUT2D eigenvalue weighted by Gasteiger charge is -2.47. The largest absolute Gasteiger partial charge is 0.447 e. The summed E-state index contributed by atoms with van der Waals surface area (Å²) in [5.41, 5.74) is 7.21. The molecule has 3 rings (SSSR count). The summed E-state index contributed by atoms with van der Waals surface area (Å²) in [6.45, 7) is 2.81. The maximum absolute atomic E-state index is 12.6. The van der Waals surface area contributed by atoms with Gasteiger partial charge in [0.05, 0.1) is 12.1 Å². The van der Waals surface area contributed by atoms with Crippen LogP contribution in [0.2, 0.25) is 5.02 Å². The van der Waals surface area contributed by atoms with E-state index in [1.807, 2.05) is 42.5 Å². The van der Waals surface area contributed by atoms with Crippen LogP contribution in [-0.4, -0.2) is 60.0 Å². The quantitative estimate of drug-likeness (QED) is 0.528. The van der Waals surface area contributed by atoms with Crippen molar-refractivity contribution < 1.29 is 19.1 Å². The predicted octanol–water partition coefficient (Wildman–Crippen LogP) is 3.43. The van der Waals surface area contributed by atoms with Crippen molar-refractivity contribution in [3.05, 3.63) is 64.7 Å². The molecule has 0 saturated carbocycles. The molecule has 1 heterocycles. The molecule has 2 aromatic rings. The van der Waals surface area contributed by atoms with Gasteiger partial charge >= 0.3 is 6.09 Å². The number of nitrogens with zero attached hydrogens (tertiary/aromatic N) is 2. The standard InChI is InChI=1S/C25H31ClN4O4/c1-2-19-8-10-21(11-9-19)28-24(33)34-17-25(12-5-13-29(16-25)23(32)14-27)30(18-31)15-20-6-3-4-7-22(20)26/h3-4,6-11,18H,2,5,12-17,27H2,1H3,(H,28,33). The Hall–Kier alpha value is -3.10. The van der Waals surface area contributed by atoms with Gasteiger partial charge in [-0.05, 0) is 48.6 Å². The van der Waals surface area contributed by atoms with E-state index in [0.29, 0.717) is 30.1 Å². The van der Waals surface area contributed by atoms with Gasteiger partial charge in [-0.2, -0.15) is 0 Å². The first-order valence-electron chi connectivity index (χ1n) is 11.4. The third-order valence-electron chi connectivity index (χ3n) is 6.20. The predicted molar refractivity (Wildman–Crippen MR) is 131 cm³/mol. The molecule has 8 nitrogen and oxygen atoms in total. The minimum atomic E-state index is -0.909. The number of aryl methyl sites for hydroxylation is 1. The molecule has 1 aliphatic rings. The molecule has 0 aromatic heterocycles. The normalized spacial score (nSPS) is 17.7. The summed E-state index contributed by atoms with van der Waals surface area (Å²) in [4.78, 5) is 40.4. The van der Waals surface area contributed by atoms with Crippen LogP contribution in [0.5, 0.6) is 0 Å². The number of amides is 3. The fourth-order valence-electron chi connectivity index (χ4n) is 4.19. The number of nitrogens with one attached hydrogen (secondary N) is 1. The molecule has 1 unspecified atom stereocenters. The van der Waals surface area contributed by atoms with Crippen molar-refractivity contribution in [3.8, 4) is 0 Å². The molecule has 0 radical (unpaired) electrons. The number of carbonyl (C=O) groups is 3. The minimum Gasteiger partial charge on any atom is -0.447 e. The van der Waals surface area contributed by atoms with Crippen molar-refractivity contribution in [2.24, 2.45) is 5.73 Å². The maximum atomic E-state index is 12.6. The average Bonchev–Trinajstić information content (AvgIpc) is 2.87. The van der Waals surface area contributed by atoms with Gasteiger partial charge in [-0.3, -0.25) is 14.9 Å². The molecule has 9 heteroatoms. The molecule has 2 aromatic carbocycles. The molecule has 3 N–H and O–H groups in total. The topological polar surface area (TPSA) is 105 Å². The Labute approximate surface area is 205 Å². The van der Waals surface area contributed by atoms with E-state index in [-0.39, 0.29) is 32.1 Å². The van der Waals surface area contributed by atoms with Gasteiger partial charge in [0, 0.05) is 30.3 Å². The number of anilines is 1. The van der Waals surface area contributed by atoms with Crippen molar-refractivity contribution in [2.75, 3.05) is 31.6 Å². The Balaban J connectivity index is 1.79. The van der Waals surface area contributed by atoms with Gasteiger partial charge in [-0.25, -0.2) is 4.79 Å². The highest BCUT2D eigenvalue weighted by atomic mass is 35.5. The van der Waals surface area contributed by atoms with Crippen molar-refractivity contribution in [2.45, 2.75) is 38.3 Å². The SMILES string of the molecule is CCc1ccc(NC(=O)OCC2(N(C=O)Cc3ccccc3Cl)CCCN(C(=O)CN)C2)cc1. The zero-order valence-electron chi connectivity index (χ0n) is 19.3. The molecule has 1 atom stereocenters. The Kier molecular flexibility index (Phi) is 8.90. The lowest BCUT2D eigenvalue weighted by Crippen LogP contribution is -2.62. The maximum Gasteiger partial charge on any atom is 0.411 e. The Morgan fingerprint density at radius 1 is 1.24 bits per heavy atom. The lowest BCUT2D eigenvalue weighted by atomic mass is 9.87. The number of carbonyl (C=O) groups excluding carboxylic acids is 3. The van der Waals surface area contributed by atoms with Crippen LogP contribution in [0.3, 0.4) is 0 Å². The second-order valence-electron chi connectivity index (χ2n) is 8.42. The fraction of sp³-hybridized carbons (Fsp3) is 0.400. The number of rotatable bonds is 9. The summed E-state index contributed by atoms with van der Waals surface area (Å²) in [6.07, 6.45) is 2.20. The second-order valence-corrected chi connectivity index (χ2v) is 8.83. The van der Waals surface area contributed by atoms with Crippen LogP contribution in [-0.2, 0) is 27.3 Å². The first-order chi connectivity index (χ1) is 16.4. The average molecular weight is 487 g/mol. The fourth-order valence-corrected chi connectivity index (χ4v) is 4.39. The van der Waals surface area contributed by atoms with Gasteiger partial charge in [0.2, 0.25) is 12.3 Å². The molecule has 3 amide bonds. The number of halogens is 1.